The molecule has 0 aliphatic heterocycles. The van der Waals surface area contributed by atoms with Crippen LogP contribution in [0.25, 0.3) is 0 Å². The molecule has 0 aliphatic carbocycles. The molecule has 0 atom stereocenters. The van der Waals surface area contributed by atoms with Gasteiger partial charge in [0.2, 0.25) is 0 Å². The van der Waals surface area contributed by atoms with Gasteiger partial charge in [-0.25, -0.2) is 0 Å². The molecular weight excluding hydrogens is 270 g/mol. The standard InChI is InChI=1S/C15H29N3O3/c1-5-16-12-15-13(2)17-18(14(15)3)6-7-20-10-11-21-9-8-19-4/h16H,5-12H2,1-4H3. The molecule has 0 radical (unpaired) electrons. The zero-order chi connectivity index (χ0) is 15.5. The molecule has 21 heavy (non-hydrogen) atoms. The topological polar surface area (TPSA) is 57.5 Å². The minimum Gasteiger partial charge on any atom is -0.382 e. The highest BCUT2D eigenvalue weighted by atomic mass is 16.5. The second-order valence-corrected chi connectivity index (χ2v) is 4.87. The predicted molar refractivity (Wildman–Crippen MR) is 82.6 cm³/mol. The molecule has 0 amide bonds. The third kappa shape index (κ3) is 6.56. The summed E-state index contributed by atoms with van der Waals surface area (Å²) in [5.74, 6) is 0. The van der Waals surface area contributed by atoms with E-state index in [0.29, 0.717) is 33.0 Å². The summed E-state index contributed by atoms with van der Waals surface area (Å²) in [5, 5.41) is 7.92. The smallest absolute Gasteiger partial charge is 0.0701 e. The van der Waals surface area contributed by atoms with Gasteiger partial charge >= 0.3 is 0 Å². The third-order valence-electron chi connectivity index (χ3n) is 3.33. The van der Waals surface area contributed by atoms with Gasteiger partial charge in [-0.2, -0.15) is 5.10 Å². The lowest BCUT2D eigenvalue weighted by Gasteiger charge is -2.08. The lowest BCUT2D eigenvalue weighted by atomic mass is 10.2. The molecule has 122 valence electrons. The first-order chi connectivity index (χ1) is 10.2. The summed E-state index contributed by atoms with van der Waals surface area (Å²) in [6.07, 6.45) is 0. The predicted octanol–water partition coefficient (Wildman–Crippen LogP) is 1.29. The number of aryl methyl sites for hydroxylation is 1. The van der Waals surface area contributed by atoms with Crippen LogP contribution in [0.4, 0.5) is 0 Å². The van der Waals surface area contributed by atoms with Gasteiger partial charge in [0, 0.05) is 24.9 Å². The van der Waals surface area contributed by atoms with Gasteiger partial charge < -0.3 is 19.5 Å². The second kappa shape index (κ2) is 10.7. The average molecular weight is 299 g/mol. The van der Waals surface area contributed by atoms with E-state index in [4.69, 9.17) is 14.2 Å². The lowest BCUT2D eigenvalue weighted by Crippen LogP contribution is -2.14. The summed E-state index contributed by atoms with van der Waals surface area (Å²) in [4.78, 5) is 0. The van der Waals surface area contributed by atoms with Gasteiger partial charge in [0.15, 0.2) is 0 Å². The fourth-order valence-electron chi connectivity index (χ4n) is 2.07. The molecule has 0 aliphatic rings. The van der Waals surface area contributed by atoms with E-state index in [1.807, 2.05) is 4.68 Å². The second-order valence-electron chi connectivity index (χ2n) is 4.87. The summed E-state index contributed by atoms with van der Waals surface area (Å²) in [6, 6.07) is 0. The summed E-state index contributed by atoms with van der Waals surface area (Å²) >= 11 is 0. The van der Waals surface area contributed by atoms with E-state index in [2.05, 4.69) is 31.2 Å². The van der Waals surface area contributed by atoms with Gasteiger partial charge in [-0.05, 0) is 20.4 Å². The Morgan fingerprint density at radius 1 is 1.05 bits per heavy atom. The Morgan fingerprint density at radius 2 is 1.71 bits per heavy atom. The molecule has 1 aromatic heterocycles. The molecule has 6 heteroatoms. The fourth-order valence-corrected chi connectivity index (χ4v) is 2.07. The number of aromatic nitrogens is 2. The molecule has 0 aromatic carbocycles. The number of rotatable bonds is 12. The maximum atomic E-state index is 5.56. The van der Waals surface area contributed by atoms with Crippen LogP contribution >= 0.6 is 0 Å². The number of hydrogen-bond acceptors (Lipinski definition) is 5. The SMILES string of the molecule is CCNCc1c(C)nn(CCOCCOCCOC)c1C. The monoisotopic (exact) mass is 299 g/mol. The van der Waals surface area contributed by atoms with Crippen LogP contribution in [0.15, 0.2) is 0 Å². The van der Waals surface area contributed by atoms with Gasteiger partial charge in [0.1, 0.15) is 0 Å². The first-order valence-corrected chi connectivity index (χ1v) is 7.58. The van der Waals surface area contributed by atoms with Crippen LogP contribution in [0.1, 0.15) is 23.9 Å². The zero-order valence-corrected chi connectivity index (χ0v) is 13.8. The van der Waals surface area contributed by atoms with Crippen LogP contribution in [0.5, 0.6) is 0 Å². The first-order valence-electron chi connectivity index (χ1n) is 7.58. The summed E-state index contributed by atoms with van der Waals surface area (Å²) in [6.45, 7) is 12.0. The van der Waals surface area contributed by atoms with E-state index in [-0.39, 0.29) is 0 Å². The molecule has 1 N–H and O–H groups in total. The van der Waals surface area contributed by atoms with Crippen molar-refractivity contribution in [1.82, 2.24) is 15.1 Å². The Bertz CT molecular complexity index is 394. The Kier molecular flexibility index (Phi) is 9.25. The molecule has 0 spiro atoms. The highest BCUT2D eigenvalue weighted by molar-refractivity contribution is 5.24. The zero-order valence-electron chi connectivity index (χ0n) is 13.8. The quantitative estimate of drug-likeness (QED) is 0.589. The summed E-state index contributed by atoms with van der Waals surface area (Å²) in [7, 11) is 1.67. The van der Waals surface area contributed by atoms with Crippen LogP contribution in [-0.2, 0) is 27.3 Å². The van der Waals surface area contributed by atoms with Crippen molar-refractivity contribution in [1.29, 1.82) is 0 Å². The number of ether oxygens (including phenoxy) is 3. The maximum absolute atomic E-state index is 5.56. The minimum absolute atomic E-state index is 0.603. The van der Waals surface area contributed by atoms with Crippen molar-refractivity contribution in [2.45, 2.75) is 33.9 Å². The Morgan fingerprint density at radius 3 is 2.38 bits per heavy atom. The lowest BCUT2D eigenvalue weighted by molar-refractivity contribution is 0.0224. The van der Waals surface area contributed by atoms with Gasteiger partial charge in [-0.15, -0.1) is 0 Å². The highest BCUT2D eigenvalue weighted by Crippen LogP contribution is 2.12. The van der Waals surface area contributed by atoms with Crippen LogP contribution in [0, 0.1) is 13.8 Å². The third-order valence-corrected chi connectivity index (χ3v) is 3.33. The molecule has 0 unspecified atom stereocenters. The van der Waals surface area contributed by atoms with Crippen molar-refractivity contribution >= 4 is 0 Å². The van der Waals surface area contributed by atoms with Gasteiger partial charge in [-0.3, -0.25) is 4.68 Å². The van der Waals surface area contributed by atoms with Gasteiger partial charge in [0.05, 0.1) is 45.3 Å². The van der Waals surface area contributed by atoms with Crippen molar-refractivity contribution in [3.05, 3.63) is 17.0 Å². The Balaban J connectivity index is 2.23. The summed E-state index contributed by atoms with van der Waals surface area (Å²) < 4.78 is 17.8. The van der Waals surface area contributed by atoms with Crippen molar-refractivity contribution in [3.63, 3.8) is 0 Å². The van der Waals surface area contributed by atoms with E-state index in [1.54, 1.807) is 7.11 Å². The molecule has 1 heterocycles. The minimum atomic E-state index is 0.603. The molecule has 0 saturated heterocycles. The van der Waals surface area contributed by atoms with E-state index < -0.39 is 0 Å². The molecule has 0 bridgehead atoms. The van der Waals surface area contributed by atoms with Crippen LogP contribution in [-0.4, -0.2) is 56.5 Å². The van der Waals surface area contributed by atoms with Crippen molar-refractivity contribution in [3.8, 4) is 0 Å². The number of hydrogen-bond donors (Lipinski definition) is 1. The van der Waals surface area contributed by atoms with E-state index in [1.165, 1.54) is 11.3 Å². The van der Waals surface area contributed by atoms with Crippen molar-refractivity contribution < 1.29 is 14.2 Å². The van der Waals surface area contributed by atoms with E-state index >= 15 is 0 Å². The number of methoxy groups -OCH3 is 1. The average Bonchev–Trinajstić information content (AvgIpc) is 2.74. The van der Waals surface area contributed by atoms with Gasteiger partial charge in [0.25, 0.3) is 0 Å². The highest BCUT2D eigenvalue weighted by Gasteiger charge is 2.10. The molecule has 1 rings (SSSR count). The molecule has 6 nitrogen and oxygen atoms in total. The summed E-state index contributed by atoms with van der Waals surface area (Å²) in [5.41, 5.74) is 3.60. The van der Waals surface area contributed by atoms with Gasteiger partial charge in [-0.1, -0.05) is 6.92 Å². The molecule has 1 aromatic rings. The Hall–Kier alpha value is -0.950. The van der Waals surface area contributed by atoms with E-state index in [9.17, 15) is 0 Å². The van der Waals surface area contributed by atoms with Crippen molar-refractivity contribution in [2.75, 3.05) is 46.7 Å². The first kappa shape index (κ1) is 18.1. The van der Waals surface area contributed by atoms with Crippen LogP contribution in [0.3, 0.4) is 0 Å². The van der Waals surface area contributed by atoms with E-state index in [0.717, 1.165) is 25.3 Å². The van der Waals surface area contributed by atoms with Crippen LogP contribution < -0.4 is 5.32 Å². The molecular formula is C15H29N3O3. The largest absolute Gasteiger partial charge is 0.382 e. The normalized spacial score (nSPS) is 11.2. The molecule has 0 fully saturated rings. The maximum Gasteiger partial charge on any atom is 0.0701 e. The van der Waals surface area contributed by atoms with Crippen LogP contribution in [0.2, 0.25) is 0 Å². The molecule has 0 saturated carbocycles. The number of nitrogens with zero attached hydrogens (tertiary/aromatic N) is 2. The number of nitrogens with one attached hydrogen (secondary N) is 1. The Labute approximate surface area is 127 Å². The van der Waals surface area contributed by atoms with Crippen molar-refractivity contribution in [2.24, 2.45) is 0 Å². The fraction of sp³-hybridized carbons (Fsp3) is 0.800.